The van der Waals surface area contributed by atoms with Crippen molar-refractivity contribution in [3.63, 3.8) is 0 Å². The minimum absolute atomic E-state index is 0.0133. The molecule has 2 aromatic rings. The van der Waals surface area contributed by atoms with Crippen molar-refractivity contribution in [2.24, 2.45) is 0 Å². The monoisotopic (exact) mass is 389 g/mol. The Balaban J connectivity index is 1.76. The highest BCUT2D eigenvalue weighted by Gasteiger charge is 2.29. The quantitative estimate of drug-likeness (QED) is 0.812. The van der Waals surface area contributed by atoms with E-state index in [9.17, 15) is 4.79 Å². The number of nitrogens with two attached hydrogens (primary N) is 1. The lowest BCUT2D eigenvalue weighted by Gasteiger charge is -2.32. The summed E-state index contributed by atoms with van der Waals surface area (Å²) in [6, 6.07) is 5.31. The van der Waals surface area contributed by atoms with E-state index in [1.54, 1.807) is 6.07 Å². The number of ether oxygens (including phenoxy) is 2. The van der Waals surface area contributed by atoms with Crippen LogP contribution in [-0.4, -0.2) is 42.2 Å². The van der Waals surface area contributed by atoms with Crippen molar-refractivity contribution in [2.75, 3.05) is 42.3 Å². The lowest BCUT2D eigenvalue weighted by Crippen LogP contribution is -2.32. The van der Waals surface area contributed by atoms with Crippen LogP contribution in [0.25, 0.3) is 0 Å². The summed E-state index contributed by atoms with van der Waals surface area (Å²) in [7, 11) is 0. The van der Waals surface area contributed by atoms with Crippen molar-refractivity contribution in [1.29, 1.82) is 0 Å². The normalized spacial score (nSPS) is 19.7. The number of carbonyl (C=O) groups excluding carboxylic acids is 1. The molecule has 0 saturated carbocycles. The number of amides is 1. The van der Waals surface area contributed by atoms with E-state index in [4.69, 9.17) is 26.8 Å². The van der Waals surface area contributed by atoms with Crippen molar-refractivity contribution in [3.8, 4) is 5.75 Å². The van der Waals surface area contributed by atoms with Crippen molar-refractivity contribution in [3.05, 3.63) is 34.5 Å². The average Bonchev–Trinajstić information content (AvgIpc) is 2.86. The van der Waals surface area contributed by atoms with Gasteiger partial charge in [-0.15, -0.1) is 0 Å². The molecule has 4 rings (SSSR count). The maximum absolute atomic E-state index is 11.5. The summed E-state index contributed by atoms with van der Waals surface area (Å²) in [4.78, 5) is 22.2. The second-order valence-electron chi connectivity index (χ2n) is 6.57. The fraction of sp³-hybridized carbons (Fsp3) is 0.389. The highest BCUT2D eigenvalue weighted by molar-refractivity contribution is 6.32. The number of fused-ring (bicyclic) bond motifs is 1. The van der Waals surface area contributed by atoms with Gasteiger partial charge in [0.25, 0.3) is 5.91 Å². The summed E-state index contributed by atoms with van der Waals surface area (Å²) < 4.78 is 11.4. The lowest BCUT2D eigenvalue weighted by atomic mass is 10.0. The largest absolute Gasteiger partial charge is 0.482 e. The molecule has 8 nitrogen and oxygen atoms in total. The van der Waals surface area contributed by atoms with E-state index in [2.05, 4.69) is 20.2 Å². The lowest BCUT2D eigenvalue weighted by molar-refractivity contribution is -0.118. The standard InChI is InChI=1S/C18H20ClN5O3/c1-10-5-16(23-18(20)21-10)24-3-2-4-26-8-14(24)11-6-15-13(7-12(11)19)22-17(25)9-27-15/h5-7,14H,2-4,8-9H2,1H3,(H,22,25)(H2,20,21,23)/t14-/m1/s1. The Kier molecular flexibility index (Phi) is 4.75. The van der Waals surface area contributed by atoms with Gasteiger partial charge in [-0.2, -0.15) is 4.98 Å². The van der Waals surface area contributed by atoms with Crippen LogP contribution in [0.1, 0.15) is 23.7 Å². The molecular weight excluding hydrogens is 370 g/mol. The molecule has 1 aromatic carbocycles. The molecule has 142 valence electrons. The molecule has 1 amide bonds. The summed E-state index contributed by atoms with van der Waals surface area (Å²) in [6.45, 7) is 3.72. The van der Waals surface area contributed by atoms with Crippen LogP contribution in [0.2, 0.25) is 5.02 Å². The van der Waals surface area contributed by atoms with Gasteiger partial charge >= 0.3 is 0 Å². The van der Waals surface area contributed by atoms with Gasteiger partial charge in [-0.3, -0.25) is 4.79 Å². The summed E-state index contributed by atoms with van der Waals surface area (Å²) in [5.41, 5.74) is 8.08. The van der Waals surface area contributed by atoms with E-state index in [0.29, 0.717) is 29.7 Å². The number of hydrogen-bond acceptors (Lipinski definition) is 7. The van der Waals surface area contributed by atoms with E-state index < -0.39 is 0 Å². The number of nitrogen functional groups attached to an aromatic ring is 1. The maximum atomic E-state index is 11.5. The van der Waals surface area contributed by atoms with Crippen LogP contribution in [0, 0.1) is 6.92 Å². The Morgan fingerprint density at radius 1 is 1.33 bits per heavy atom. The SMILES string of the molecule is Cc1cc(N2CCCOC[C@@H]2c2cc3c(cc2Cl)NC(=O)CO3)nc(N)n1. The number of nitrogens with one attached hydrogen (secondary N) is 1. The number of aromatic nitrogens is 2. The van der Waals surface area contributed by atoms with Gasteiger partial charge in [0.05, 0.1) is 18.3 Å². The first kappa shape index (κ1) is 17.8. The third-order valence-electron chi connectivity index (χ3n) is 4.58. The van der Waals surface area contributed by atoms with Gasteiger partial charge in [-0.1, -0.05) is 11.6 Å². The molecule has 0 unspecified atom stereocenters. The topological polar surface area (TPSA) is 103 Å². The van der Waals surface area contributed by atoms with Gasteiger partial charge < -0.3 is 25.4 Å². The number of aryl methyl sites for hydroxylation is 1. The highest BCUT2D eigenvalue weighted by Crippen LogP contribution is 2.39. The van der Waals surface area contributed by atoms with Crippen LogP contribution >= 0.6 is 11.6 Å². The molecule has 9 heteroatoms. The van der Waals surface area contributed by atoms with E-state index >= 15 is 0 Å². The number of benzene rings is 1. The van der Waals surface area contributed by atoms with Crippen LogP contribution in [-0.2, 0) is 9.53 Å². The first-order valence-electron chi connectivity index (χ1n) is 8.73. The van der Waals surface area contributed by atoms with Crippen LogP contribution in [0.3, 0.4) is 0 Å². The first-order valence-corrected chi connectivity index (χ1v) is 9.10. The molecule has 27 heavy (non-hydrogen) atoms. The summed E-state index contributed by atoms with van der Waals surface area (Å²) >= 11 is 6.56. The average molecular weight is 390 g/mol. The van der Waals surface area contributed by atoms with E-state index in [1.807, 2.05) is 19.1 Å². The molecule has 0 spiro atoms. The first-order chi connectivity index (χ1) is 13.0. The Morgan fingerprint density at radius 3 is 3.00 bits per heavy atom. The van der Waals surface area contributed by atoms with Gasteiger partial charge in [0, 0.05) is 29.9 Å². The molecule has 0 bridgehead atoms. The highest BCUT2D eigenvalue weighted by atomic mass is 35.5. The predicted molar refractivity (Wildman–Crippen MR) is 102 cm³/mol. The van der Waals surface area contributed by atoms with Gasteiger partial charge in [-0.25, -0.2) is 4.98 Å². The molecule has 1 atom stereocenters. The van der Waals surface area contributed by atoms with Crippen LogP contribution in [0.5, 0.6) is 5.75 Å². The predicted octanol–water partition coefficient (Wildman–Crippen LogP) is 2.32. The van der Waals surface area contributed by atoms with E-state index in [1.165, 1.54) is 0 Å². The summed E-state index contributed by atoms with van der Waals surface area (Å²) in [5, 5.41) is 3.30. The second-order valence-corrected chi connectivity index (χ2v) is 6.98. The number of nitrogens with zero attached hydrogens (tertiary/aromatic N) is 3. The Labute approximate surface area is 161 Å². The maximum Gasteiger partial charge on any atom is 0.262 e. The van der Waals surface area contributed by atoms with Crippen molar-refractivity contribution < 1.29 is 14.3 Å². The Hall–Kier alpha value is -2.58. The number of anilines is 3. The van der Waals surface area contributed by atoms with Gasteiger partial charge in [0.15, 0.2) is 6.61 Å². The molecule has 1 saturated heterocycles. The number of hydrogen-bond donors (Lipinski definition) is 2. The zero-order chi connectivity index (χ0) is 19.0. The summed E-state index contributed by atoms with van der Waals surface area (Å²) in [5.74, 6) is 1.37. The Bertz CT molecular complexity index is 871. The minimum Gasteiger partial charge on any atom is -0.482 e. The number of rotatable bonds is 2. The molecule has 1 fully saturated rings. The van der Waals surface area contributed by atoms with E-state index in [-0.39, 0.29) is 24.5 Å². The fourth-order valence-corrected chi connectivity index (χ4v) is 3.69. The molecule has 1 aromatic heterocycles. The van der Waals surface area contributed by atoms with Crippen molar-refractivity contribution in [2.45, 2.75) is 19.4 Å². The third-order valence-corrected chi connectivity index (χ3v) is 4.91. The van der Waals surface area contributed by atoms with Gasteiger partial charge in [0.2, 0.25) is 5.95 Å². The smallest absolute Gasteiger partial charge is 0.262 e. The van der Waals surface area contributed by atoms with Crippen molar-refractivity contribution >= 4 is 35.0 Å². The van der Waals surface area contributed by atoms with Crippen molar-refractivity contribution in [1.82, 2.24) is 9.97 Å². The van der Waals surface area contributed by atoms with Crippen LogP contribution in [0.15, 0.2) is 18.2 Å². The molecule has 3 heterocycles. The fourth-order valence-electron chi connectivity index (χ4n) is 3.40. The van der Waals surface area contributed by atoms with Gasteiger partial charge in [0.1, 0.15) is 11.6 Å². The molecule has 2 aliphatic heterocycles. The zero-order valence-corrected chi connectivity index (χ0v) is 15.6. The number of carbonyl (C=O) groups is 1. The third kappa shape index (κ3) is 3.63. The molecule has 0 aliphatic carbocycles. The minimum atomic E-state index is -0.197. The van der Waals surface area contributed by atoms with Gasteiger partial charge in [-0.05, 0) is 31.0 Å². The molecule has 3 N–H and O–H groups in total. The van der Waals surface area contributed by atoms with Crippen LogP contribution < -0.4 is 20.7 Å². The molecule has 2 aliphatic rings. The molecular formula is C18H20ClN5O3. The second kappa shape index (κ2) is 7.21. The summed E-state index contributed by atoms with van der Waals surface area (Å²) in [6.07, 6.45) is 0.856. The molecule has 0 radical (unpaired) electrons. The van der Waals surface area contributed by atoms with E-state index in [0.717, 1.165) is 30.0 Å². The Morgan fingerprint density at radius 2 is 2.19 bits per heavy atom. The zero-order valence-electron chi connectivity index (χ0n) is 14.9. The van der Waals surface area contributed by atoms with Crippen LogP contribution in [0.4, 0.5) is 17.5 Å². The number of halogens is 1.